The molecule has 23 heavy (non-hydrogen) atoms. The van der Waals surface area contributed by atoms with Crippen LogP contribution in [0.5, 0.6) is 0 Å². The molecule has 0 atom stereocenters. The van der Waals surface area contributed by atoms with E-state index in [0.29, 0.717) is 12.3 Å². The second-order valence-corrected chi connectivity index (χ2v) is 6.70. The van der Waals surface area contributed by atoms with Crippen LogP contribution in [0.4, 0.5) is 0 Å². The van der Waals surface area contributed by atoms with E-state index in [-0.39, 0.29) is 5.78 Å². The zero-order chi connectivity index (χ0) is 17.1. The summed E-state index contributed by atoms with van der Waals surface area (Å²) in [7, 11) is 0. The van der Waals surface area contributed by atoms with Crippen molar-refractivity contribution in [2.75, 3.05) is 5.75 Å². The quantitative estimate of drug-likeness (QED) is 0.457. The number of aryl methyl sites for hydroxylation is 2. The van der Waals surface area contributed by atoms with E-state index in [1.807, 2.05) is 24.5 Å². The molecule has 0 aliphatic rings. The van der Waals surface area contributed by atoms with Gasteiger partial charge < -0.3 is 4.57 Å². The maximum atomic E-state index is 12.6. The summed E-state index contributed by atoms with van der Waals surface area (Å²) in [5.41, 5.74) is 5.50. The van der Waals surface area contributed by atoms with Crippen molar-refractivity contribution in [3.05, 3.63) is 52.4 Å². The van der Waals surface area contributed by atoms with Crippen molar-refractivity contribution in [1.29, 1.82) is 0 Å². The lowest BCUT2D eigenvalue weighted by atomic mass is 9.93. The van der Waals surface area contributed by atoms with Gasteiger partial charge in [-0.1, -0.05) is 17.8 Å². The van der Waals surface area contributed by atoms with Gasteiger partial charge in [-0.2, -0.15) is 0 Å². The van der Waals surface area contributed by atoms with Crippen LogP contribution in [0.25, 0.3) is 0 Å². The van der Waals surface area contributed by atoms with Gasteiger partial charge in [0.05, 0.1) is 5.75 Å². The van der Waals surface area contributed by atoms with Gasteiger partial charge in [0.2, 0.25) is 0 Å². The van der Waals surface area contributed by atoms with Gasteiger partial charge in [-0.05, 0) is 62.9 Å². The van der Waals surface area contributed by atoms with Crippen molar-refractivity contribution in [2.45, 2.75) is 46.3 Å². The van der Waals surface area contributed by atoms with Crippen LogP contribution < -0.4 is 0 Å². The Bertz CT molecular complexity index is 762. The number of benzene rings is 1. The average molecular weight is 329 g/mol. The molecular weight excluding hydrogens is 306 g/mol. The summed E-state index contributed by atoms with van der Waals surface area (Å²) in [6, 6.07) is 2.00. The van der Waals surface area contributed by atoms with Crippen molar-refractivity contribution >= 4 is 17.5 Å². The SMILES string of the molecule is C=CCn1c(C)nnc1SCC(=O)c1cc(C)c(C)c(C)c1C. The predicted molar refractivity (Wildman–Crippen MR) is 95.4 cm³/mol. The maximum Gasteiger partial charge on any atom is 0.191 e. The molecule has 1 heterocycles. The molecule has 0 aliphatic heterocycles. The number of hydrogen-bond acceptors (Lipinski definition) is 4. The fourth-order valence-electron chi connectivity index (χ4n) is 2.52. The molecule has 2 aromatic rings. The first-order valence-corrected chi connectivity index (χ1v) is 8.59. The zero-order valence-electron chi connectivity index (χ0n) is 14.4. The van der Waals surface area contributed by atoms with Crippen LogP contribution in [0, 0.1) is 34.6 Å². The molecule has 0 aliphatic carbocycles. The summed E-state index contributed by atoms with van der Waals surface area (Å²) >= 11 is 1.43. The fraction of sp³-hybridized carbons (Fsp3) is 0.389. The second kappa shape index (κ2) is 7.13. The Morgan fingerprint density at radius 2 is 1.87 bits per heavy atom. The van der Waals surface area contributed by atoms with Gasteiger partial charge in [0.25, 0.3) is 0 Å². The molecule has 0 amide bonds. The highest BCUT2D eigenvalue weighted by molar-refractivity contribution is 7.99. The predicted octanol–water partition coefficient (Wildman–Crippen LogP) is 3.98. The van der Waals surface area contributed by atoms with Gasteiger partial charge in [-0.25, -0.2) is 0 Å². The lowest BCUT2D eigenvalue weighted by Gasteiger charge is -2.13. The first-order chi connectivity index (χ1) is 10.9. The number of ketones is 1. The lowest BCUT2D eigenvalue weighted by molar-refractivity contribution is 0.102. The lowest BCUT2D eigenvalue weighted by Crippen LogP contribution is -2.09. The smallest absolute Gasteiger partial charge is 0.191 e. The number of thioether (sulfide) groups is 1. The molecule has 1 aromatic heterocycles. The first kappa shape index (κ1) is 17.5. The fourth-order valence-corrected chi connectivity index (χ4v) is 3.39. The molecule has 0 bridgehead atoms. The van der Waals surface area contributed by atoms with Crippen molar-refractivity contribution in [2.24, 2.45) is 0 Å². The normalized spacial score (nSPS) is 10.8. The van der Waals surface area contributed by atoms with E-state index in [9.17, 15) is 4.79 Å². The summed E-state index contributed by atoms with van der Waals surface area (Å²) in [5, 5.41) is 8.98. The van der Waals surface area contributed by atoms with Crippen LogP contribution in [-0.2, 0) is 6.54 Å². The Hall–Kier alpha value is -1.88. The molecular formula is C18H23N3OS. The number of allylic oxidation sites excluding steroid dienone is 1. The van der Waals surface area contributed by atoms with E-state index in [1.54, 1.807) is 6.08 Å². The number of rotatable bonds is 6. The number of aromatic nitrogens is 3. The van der Waals surface area contributed by atoms with Gasteiger partial charge >= 0.3 is 0 Å². The third-order valence-electron chi connectivity index (χ3n) is 4.33. The van der Waals surface area contributed by atoms with Crippen LogP contribution in [0.1, 0.15) is 38.4 Å². The number of nitrogens with zero attached hydrogens (tertiary/aromatic N) is 3. The van der Waals surface area contributed by atoms with Crippen molar-refractivity contribution < 1.29 is 4.79 Å². The molecule has 0 unspecified atom stereocenters. The second-order valence-electron chi connectivity index (χ2n) is 5.76. The Labute approximate surface area is 142 Å². The first-order valence-electron chi connectivity index (χ1n) is 7.60. The van der Waals surface area contributed by atoms with Crippen LogP contribution in [-0.4, -0.2) is 26.3 Å². The van der Waals surface area contributed by atoms with E-state index < -0.39 is 0 Å². The minimum Gasteiger partial charge on any atom is -0.302 e. The number of hydrogen-bond donors (Lipinski definition) is 0. The van der Waals surface area contributed by atoms with E-state index in [4.69, 9.17) is 0 Å². The standard InChI is InChI=1S/C18H23N3OS/c1-7-8-21-15(6)19-20-18(21)23-10-17(22)16-9-11(2)12(3)13(4)14(16)5/h7,9H,1,8,10H2,2-6H3. The average Bonchev–Trinajstić information content (AvgIpc) is 2.87. The summed E-state index contributed by atoms with van der Waals surface area (Å²) in [6.07, 6.45) is 1.80. The van der Waals surface area contributed by atoms with Gasteiger partial charge in [0, 0.05) is 12.1 Å². The Morgan fingerprint density at radius 3 is 2.52 bits per heavy atom. The Kier molecular flexibility index (Phi) is 5.42. The molecule has 0 saturated heterocycles. The molecule has 1 aromatic carbocycles. The zero-order valence-corrected chi connectivity index (χ0v) is 15.3. The molecule has 0 fully saturated rings. The highest BCUT2D eigenvalue weighted by atomic mass is 32.2. The summed E-state index contributed by atoms with van der Waals surface area (Å²) in [6.45, 7) is 14.5. The van der Waals surface area contributed by atoms with Gasteiger partial charge in [-0.3, -0.25) is 4.79 Å². The Morgan fingerprint density at radius 1 is 1.17 bits per heavy atom. The number of Topliss-reactive ketones (excluding diaryl/α,β-unsaturated/α-hetero) is 1. The largest absolute Gasteiger partial charge is 0.302 e. The van der Waals surface area contributed by atoms with Crippen molar-refractivity contribution in [3.8, 4) is 0 Å². The molecule has 0 radical (unpaired) electrons. The van der Waals surface area contributed by atoms with Crippen LogP contribution >= 0.6 is 11.8 Å². The number of carbonyl (C=O) groups is 1. The molecule has 0 saturated carbocycles. The van der Waals surface area contributed by atoms with Gasteiger partial charge in [-0.15, -0.1) is 16.8 Å². The minimum atomic E-state index is 0.129. The van der Waals surface area contributed by atoms with Crippen LogP contribution in [0.15, 0.2) is 23.9 Å². The number of carbonyl (C=O) groups excluding carboxylic acids is 1. The topological polar surface area (TPSA) is 47.8 Å². The minimum absolute atomic E-state index is 0.129. The highest BCUT2D eigenvalue weighted by Gasteiger charge is 2.16. The Balaban J connectivity index is 2.19. The van der Waals surface area contributed by atoms with Crippen molar-refractivity contribution in [1.82, 2.24) is 14.8 Å². The van der Waals surface area contributed by atoms with Crippen molar-refractivity contribution in [3.63, 3.8) is 0 Å². The van der Waals surface area contributed by atoms with E-state index in [2.05, 4.69) is 37.5 Å². The van der Waals surface area contributed by atoms with Gasteiger partial charge in [0.15, 0.2) is 10.9 Å². The van der Waals surface area contributed by atoms with Crippen LogP contribution in [0.2, 0.25) is 0 Å². The summed E-state index contributed by atoms with van der Waals surface area (Å²) < 4.78 is 1.96. The molecule has 0 N–H and O–H groups in total. The monoisotopic (exact) mass is 329 g/mol. The van der Waals surface area contributed by atoms with E-state index in [1.165, 1.54) is 22.9 Å². The third-order valence-corrected chi connectivity index (χ3v) is 5.29. The summed E-state index contributed by atoms with van der Waals surface area (Å²) in [5.74, 6) is 1.32. The molecule has 122 valence electrons. The molecule has 2 rings (SSSR count). The van der Waals surface area contributed by atoms with E-state index >= 15 is 0 Å². The molecule has 5 heteroatoms. The maximum absolute atomic E-state index is 12.6. The molecule has 0 spiro atoms. The molecule has 4 nitrogen and oxygen atoms in total. The van der Waals surface area contributed by atoms with E-state index in [0.717, 1.165) is 27.7 Å². The third kappa shape index (κ3) is 3.55. The summed E-state index contributed by atoms with van der Waals surface area (Å²) in [4.78, 5) is 12.6. The highest BCUT2D eigenvalue weighted by Crippen LogP contribution is 2.24. The van der Waals surface area contributed by atoms with Crippen LogP contribution in [0.3, 0.4) is 0 Å². The van der Waals surface area contributed by atoms with Gasteiger partial charge in [0.1, 0.15) is 5.82 Å².